The highest BCUT2D eigenvalue weighted by molar-refractivity contribution is 7.89. The monoisotopic (exact) mass is 384 g/mol. The first-order chi connectivity index (χ1) is 12.3. The van der Waals surface area contributed by atoms with Gasteiger partial charge >= 0.3 is 0 Å². The smallest absolute Gasteiger partial charge is 0.289 e. The van der Waals surface area contributed by atoms with Crippen LogP contribution in [0, 0.1) is 10.1 Å². The minimum atomic E-state index is -4.09. The SMILES string of the molecule is CCN(C(C)CC(=O)N1CCNCC1)S(=O)(=O)c1ccccc1[N+](=O)[O-]. The van der Waals surface area contributed by atoms with Gasteiger partial charge in [0.2, 0.25) is 15.9 Å². The molecular weight excluding hydrogens is 360 g/mol. The van der Waals surface area contributed by atoms with Gasteiger partial charge in [-0.3, -0.25) is 14.9 Å². The van der Waals surface area contributed by atoms with Crippen molar-refractivity contribution >= 4 is 21.6 Å². The van der Waals surface area contributed by atoms with Crippen LogP contribution in [0.4, 0.5) is 5.69 Å². The largest absolute Gasteiger partial charge is 0.340 e. The van der Waals surface area contributed by atoms with Crippen LogP contribution in [-0.2, 0) is 14.8 Å². The number of amides is 1. The number of hydrogen-bond acceptors (Lipinski definition) is 6. The first kappa shape index (κ1) is 20.3. The first-order valence-electron chi connectivity index (χ1n) is 8.52. The molecule has 1 N–H and O–H groups in total. The van der Waals surface area contributed by atoms with Crippen LogP contribution in [0.5, 0.6) is 0 Å². The fourth-order valence-corrected chi connectivity index (χ4v) is 4.87. The Hall–Kier alpha value is -2.04. The lowest BCUT2D eigenvalue weighted by molar-refractivity contribution is -0.387. The van der Waals surface area contributed by atoms with Gasteiger partial charge in [0.25, 0.3) is 5.69 Å². The molecule has 0 spiro atoms. The minimum absolute atomic E-state index is 0.0354. The maximum atomic E-state index is 13.0. The molecule has 0 aliphatic carbocycles. The van der Waals surface area contributed by atoms with E-state index in [1.54, 1.807) is 18.7 Å². The Kier molecular flexibility index (Phi) is 6.68. The van der Waals surface area contributed by atoms with Gasteiger partial charge in [0, 0.05) is 51.3 Å². The number of nitro benzene ring substituents is 1. The van der Waals surface area contributed by atoms with Gasteiger partial charge in [0.15, 0.2) is 4.90 Å². The van der Waals surface area contributed by atoms with Crippen LogP contribution in [0.1, 0.15) is 20.3 Å². The van der Waals surface area contributed by atoms with Gasteiger partial charge in [-0.05, 0) is 13.0 Å². The fourth-order valence-electron chi connectivity index (χ4n) is 3.07. The van der Waals surface area contributed by atoms with Crippen LogP contribution in [-0.4, -0.2) is 67.2 Å². The second kappa shape index (κ2) is 8.56. The quantitative estimate of drug-likeness (QED) is 0.550. The molecule has 0 radical (unpaired) electrons. The molecule has 1 aliphatic heterocycles. The van der Waals surface area contributed by atoms with Gasteiger partial charge in [-0.15, -0.1) is 0 Å². The van der Waals surface area contributed by atoms with Crippen LogP contribution < -0.4 is 5.32 Å². The number of sulfonamides is 1. The number of nitrogens with zero attached hydrogens (tertiary/aromatic N) is 3. The molecule has 1 saturated heterocycles. The van der Waals surface area contributed by atoms with E-state index < -0.39 is 26.7 Å². The lowest BCUT2D eigenvalue weighted by Gasteiger charge is -2.31. The molecule has 10 heteroatoms. The van der Waals surface area contributed by atoms with E-state index >= 15 is 0 Å². The molecule has 9 nitrogen and oxygen atoms in total. The van der Waals surface area contributed by atoms with E-state index in [2.05, 4.69) is 5.32 Å². The number of benzene rings is 1. The summed E-state index contributed by atoms with van der Waals surface area (Å²) in [5, 5.41) is 14.3. The summed E-state index contributed by atoms with van der Waals surface area (Å²) in [5.41, 5.74) is -0.466. The molecule has 1 amide bonds. The Balaban J connectivity index is 2.23. The summed E-state index contributed by atoms with van der Waals surface area (Å²) < 4.78 is 27.1. The number of piperazine rings is 1. The third-order valence-corrected chi connectivity index (χ3v) is 6.53. The van der Waals surface area contributed by atoms with Crippen LogP contribution >= 0.6 is 0 Å². The lowest BCUT2D eigenvalue weighted by Crippen LogP contribution is -2.48. The number of hydrogen-bond donors (Lipinski definition) is 1. The second-order valence-corrected chi connectivity index (χ2v) is 7.98. The van der Waals surface area contributed by atoms with Crippen molar-refractivity contribution in [2.75, 3.05) is 32.7 Å². The standard InChI is InChI=1S/C16H24N4O5S/c1-3-19(13(2)12-16(21)18-10-8-17-9-11-18)26(24,25)15-7-5-4-6-14(15)20(22)23/h4-7,13,17H,3,8-12H2,1-2H3. The van der Waals surface area contributed by atoms with E-state index in [1.165, 1.54) is 18.2 Å². The minimum Gasteiger partial charge on any atom is -0.340 e. The third kappa shape index (κ3) is 4.37. The Labute approximate surface area is 153 Å². The van der Waals surface area contributed by atoms with Crippen LogP contribution in [0.2, 0.25) is 0 Å². The number of nitro groups is 1. The lowest BCUT2D eigenvalue weighted by atomic mass is 10.2. The molecule has 1 aromatic carbocycles. The summed E-state index contributed by atoms with van der Waals surface area (Å²) in [6.07, 6.45) is 0.0354. The molecule has 1 atom stereocenters. The zero-order valence-electron chi connectivity index (χ0n) is 14.9. The maximum Gasteiger partial charge on any atom is 0.289 e. The summed E-state index contributed by atoms with van der Waals surface area (Å²) in [6, 6.07) is 4.65. The average molecular weight is 384 g/mol. The predicted molar refractivity (Wildman–Crippen MR) is 96.2 cm³/mol. The molecule has 144 valence electrons. The molecule has 26 heavy (non-hydrogen) atoms. The number of para-hydroxylation sites is 1. The fraction of sp³-hybridized carbons (Fsp3) is 0.562. The van der Waals surface area contributed by atoms with Gasteiger partial charge in [0.1, 0.15) is 0 Å². The summed E-state index contributed by atoms with van der Waals surface area (Å²) in [4.78, 5) is 24.3. The molecule has 2 rings (SSSR count). The van der Waals surface area contributed by atoms with Gasteiger partial charge in [-0.1, -0.05) is 19.1 Å². The van der Waals surface area contributed by atoms with Crippen molar-refractivity contribution in [2.45, 2.75) is 31.2 Å². The van der Waals surface area contributed by atoms with E-state index in [4.69, 9.17) is 0 Å². The van der Waals surface area contributed by atoms with Crippen LogP contribution in [0.15, 0.2) is 29.2 Å². The van der Waals surface area contributed by atoms with Crippen molar-refractivity contribution in [3.63, 3.8) is 0 Å². The first-order valence-corrected chi connectivity index (χ1v) is 9.96. The average Bonchev–Trinajstić information content (AvgIpc) is 2.62. The summed E-state index contributed by atoms with van der Waals surface area (Å²) in [6.45, 7) is 6.03. The molecule has 1 aliphatic rings. The van der Waals surface area contributed by atoms with Crippen molar-refractivity contribution in [3.8, 4) is 0 Å². The Bertz CT molecular complexity index is 762. The van der Waals surface area contributed by atoms with E-state index in [0.717, 1.165) is 10.4 Å². The maximum absolute atomic E-state index is 13.0. The van der Waals surface area contributed by atoms with Crippen LogP contribution in [0.3, 0.4) is 0 Å². The molecule has 0 bridgehead atoms. The van der Waals surface area contributed by atoms with Crippen molar-refractivity contribution < 1.29 is 18.1 Å². The molecule has 0 saturated carbocycles. The van der Waals surface area contributed by atoms with Crippen molar-refractivity contribution in [1.82, 2.24) is 14.5 Å². The second-order valence-electron chi connectivity index (χ2n) is 6.12. The molecule has 1 heterocycles. The highest BCUT2D eigenvalue weighted by Gasteiger charge is 2.34. The van der Waals surface area contributed by atoms with Gasteiger partial charge in [0.05, 0.1) is 4.92 Å². The zero-order valence-corrected chi connectivity index (χ0v) is 15.7. The molecular formula is C16H24N4O5S. The van der Waals surface area contributed by atoms with Gasteiger partial charge in [-0.2, -0.15) is 4.31 Å². The Morgan fingerprint density at radius 3 is 2.54 bits per heavy atom. The molecule has 1 fully saturated rings. The van der Waals surface area contributed by atoms with Crippen molar-refractivity contribution in [3.05, 3.63) is 34.4 Å². The number of rotatable bonds is 7. The van der Waals surface area contributed by atoms with E-state index in [-0.39, 0.29) is 23.8 Å². The Morgan fingerprint density at radius 2 is 1.96 bits per heavy atom. The number of nitrogens with one attached hydrogen (secondary N) is 1. The van der Waals surface area contributed by atoms with Crippen molar-refractivity contribution in [2.24, 2.45) is 0 Å². The van der Waals surface area contributed by atoms with E-state index in [1.807, 2.05) is 0 Å². The molecule has 1 unspecified atom stereocenters. The van der Waals surface area contributed by atoms with Crippen LogP contribution in [0.25, 0.3) is 0 Å². The molecule has 1 aromatic rings. The van der Waals surface area contributed by atoms with E-state index in [0.29, 0.717) is 26.2 Å². The predicted octanol–water partition coefficient (Wildman–Crippen LogP) is 0.816. The Morgan fingerprint density at radius 1 is 1.35 bits per heavy atom. The van der Waals surface area contributed by atoms with Gasteiger partial charge in [-0.25, -0.2) is 8.42 Å². The van der Waals surface area contributed by atoms with E-state index in [9.17, 15) is 23.3 Å². The highest BCUT2D eigenvalue weighted by Crippen LogP contribution is 2.28. The normalized spacial score (nSPS) is 16.5. The number of carbonyl (C=O) groups excluding carboxylic acids is 1. The summed E-state index contributed by atoms with van der Waals surface area (Å²) in [7, 11) is -4.09. The van der Waals surface area contributed by atoms with Crippen molar-refractivity contribution in [1.29, 1.82) is 0 Å². The third-order valence-electron chi connectivity index (χ3n) is 4.39. The zero-order chi connectivity index (χ0) is 19.3. The number of carbonyl (C=O) groups is 1. The topological polar surface area (TPSA) is 113 Å². The summed E-state index contributed by atoms with van der Waals surface area (Å²) >= 11 is 0. The molecule has 0 aromatic heterocycles. The summed E-state index contributed by atoms with van der Waals surface area (Å²) in [5.74, 6) is -0.116. The highest BCUT2D eigenvalue weighted by atomic mass is 32.2. The van der Waals surface area contributed by atoms with Gasteiger partial charge < -0.3 is 10.2 Å².